The molecule has 2 atom stereocenters. The lowest BCUT2D eigenvalue weighted by molar-refractivity contribution is 0.0978. The van der Waals surface area contributed by atoms with E-state index in [0.29, 0.717) is 71.6 Å². The Morgan fingerprint density at radius 1 is 0.727 bits per heavy atom. The molecule has 0 N–H and O–H groups in total. The maximum Gasteiger partial charge on any atom is 0.261 e. The second-order valence-corrected chi connectivity index (χ2v) is 17.1. The maximum atomic E-state index is 14.1. The average molecular weight is 777 g/mol. The van der Waals surface area contributed by atoms with Gasteiger partial charge < -0.3 is 18.9 Å². The zero-order chi connectivity index (χ0) is 38.3. The number of fused-ring (bicyclic) bond motifs is 8. The number of nitrogens with zero attached hydrogens (tertiary/aromatic N) is 4. The highest BCUT2D eigenvalue weighted by atomic mass is 32.2. The highest BCUT2D eigenvalue weighted by Gasteiger charge is 2.38. The van der Waals surface area contributed by atoms with Crippen LogP contribution in [0.4, 0.5) is 22.7 Å². The molecule has 55 heavy (non-hydrogen) atoms. The largest absolute Gasteiger partial charge is 0.493 e. The van der Waals surface area contributed by atoms with Crippen molar-refractivity contribution in [3.63, 3.8) is 0 Å². The molecule has 0 spiro atoms. The summed E-state index contributed by atoms with van der Waals surface area (Å²) in [5.41, 5.74) is 6.13. The van der Waals surface area contributed by atoms with Crippen LogP contribution in [-0.4, -0.2) is 74.3 Å². The number of aliphatic imine (C=N–C) groups is 2. The van der Waals surface area contributed by atoms with Crippen LogP contribution in [-0.2, 0) is 12.8 Å². The summed E-state index contributed by atoms with van der Waals surface area (Å²) in [4.78, 5) is 42.2. The van der Waals surface area contributed by atoms with E-state index in [9.17, 15) is 9.59 Å². The van der Waals surface area contributed by atoms with Gasteiger partial charge in [-0.1, -0.05) is 38.1 Å². The number of thiol groups is 1. The first-order valence-electron chi connectivity index (χ1n) is 18.6. The summed E-state index contributed by atoms with van der Waals surface area (Å²) in [6, 6.07) is 21.0. The molecule has 284 valence electrons. The van der Waals surface area contributed by atoms with Crippen LogP contribution in [0.25, 0.3) is 0 Å². The van der Waals surface area contributed by atoms with Crippen LogP contribution in [0, 0.1) is 0 Å². The van der Waals surface area contributed by atoms with Crippen LogP contribution < -0.4 is 28.7 Å². The van der Waals surface area contributed by atoms with Gasteiger partial charge in [0.05, 0.1) is 62.0 Å². The third-order valence-corrected chi connectivity index (χ3v) is 11.6. The second kappa shape index (κ2) is 15.3. The number of para-hydroxylation sites is 1. The molecule has 4 aliphatic rings. The number of rotatable bonds is 13. The number of ether oxygens (including phenoxy) is 4. The molecular weight excluding hydrogens is 733 g/mol. The second-order valence-electron chi connectivity index (χ2n) is 14.7. The third-order valence-electron chi connectivity index (χ3n) is 10.3. The molecule has 0 unspecified atom stereocenters. The number of thioether (sulfide) groups is 1. The first kappa shape index (κ1) is 37.0. The lowest BCUT2D eigenvalue weighted by Crippen LogP contribution is -2.37. The fourth-order valence-corrected chi connectivity index (χ4v) is 8.65. The van der Waals surface area contributed by atoms with Gasteiger partial charge in [0.1, 0.15) is 0 Å². The van der Waals surface area contributed by atoms with Crippen molar-refractivity contribution in [1.29, 1.82) is 0 Å². The number of carbonyl (C=O) groups is 2. The minimum Gasteiger partial charge on any atom is -0.493 e. The summed E-state index contributed by atoms with van der Waals surface area (Å²) in [6.45, 7) is 4.92. The Bertz CT molecular complexity index is 2220. The molecule has 12 heteroatoms. The molecule has 4 aromatic carbocycles. The van der Waals surface area contributed by atoms with Gasteiger partial charge in [-0.05, 0) is 60.1 Å². The summed E-state index contributed by atoms with van der Waals surface area (Å²) in [6.07, 6.45) is 7.78. The van der Waals surface area contributed by atoms with E-state index in [1.807, 2.05) is 52.2 Å². The van der Waals surface area contributed by atoms with Crippen molar-refractivity contribution in [3.05, 3.63) is 89.0 Å². The number of hydrogen-bond donors (Lipinski definition) is 1. The summed E-state index contributed by atoms with van der Waals surface area (Å²) in [5.74, 6) is 2.66. The number of anilines is 2. The Morgan fingerprint density at radius 3 is 1.87 bits per heavy atom. The highest BCUT2D eigenvalue weighted by Crippen LogP contribution is 2.43. The maximum absolute atomic E-state index is 14.1. The number of benzene rings is 4. The first-order valence-corrected chi connectivity index (χ1v) is 20.1. The SMILES string of the molecule is COc1cc2c(cc1OCCCOc1cc3c(cc1OC)C(=O)N1c4cc(SCCCC(C)(C)S)ccc4C[C@H]1C=N3)N=C[C@@H]1Cc3ccccc3N1C2=O. The molecule has 0 saturated heterocycles. The van der Waals surface area contributed by atoms with Crippen molar-refractivity contribution in [1.82, 2.24) is 0 Å². The summed E-state index contributed by atoms with van der Waals surface area (Å²) < 4.78 is 23.7. The molecule has 4 aliphatic heterocycles. The third kappa shape index (κ3) is 7.41. The molecule has 8 rings (SSSR count). The van der Waals surface area contributed by atoms with Gasteiger partial charge >= 0.3 is 0 Å². The van der Waals surface area contributed by atoms with E-state index >= 15 is 0 Å². The predicted molar refractivity (Wildman–Crippen MR) is 222 cm³/mol. The van der Waals surface area contributed by atoms with Crippen molar-refractivity contribution < 1.29 is 28.5 Å². The molecule has 0 aromatic heterocycles. The van der Waals surface area contributed by atoms with Gasteiger partial charge in [-0.3, -0.25) is 29.4 Å². The van der Waals surface area contributed by atoms with E-state index in [0.717, 1.165) is 52.4 Å². The lowest BCUT2D eigenvalue weighted by Gasteiger charge is -2.22. The smallest absolute Gasteiger partial charge is 0.261 e. The van der Waals surface area contributed by atoms with Gasteiger partial charge in [0.25, 0.3) is 11.8 Å². The summed E-state index contributed by atoms with van der Waals surface area (Å²) in [7, 11) is 3.12. The highest BCUT2D eigenvalue weighted by molar-refractivity contribution is 7.99. The Hall–Kier alpha value is -4.94. The van der Waals surface area contributed by atoms with Gasteiger partial charge in [-0.15, -0.1) is 11.8 Å². The van der Waals surface area contributed by atoms with Crippen molar-refractivity contribution in [2.45, 2.75) is 67.7 Å². The Kier molecular flexibility index (Phi) is 10.3. The molecule has 4 heterocycles. The van der Waals surface area contributed by atoms with Crippen molar-refractivity contribution in [3.8, 4) is 23.0 Å². The van der Waals surface area contributed by atoms with E-state index in [1.165, 1.54) is 0 Å². The normalized spacial score (nSPS) is 17.8. The van der Waals surface area contributed by atoms with E-state index < -0.39 is 0 Å². The van der Waals surface area contributed by atoms with Gasteiger partial charge in [0.15, 0.2) is 23.0 Å². The fourth-order valence-electron chi connectivity index (χ4n) is 7.61. The van der Waals surface area contributed by atoms with Crippen LogP contribution in [0.1, 0.15) is 65.0 Å². The minimum absolute atomic E-state index is 0.0161. The molecule has 0 fully saturated rings. The van der Waals surface area contributed by atoms with E-state index in [1.54, 1.807) is 38.5 Å². The standard InChI is InChI=1S/C43H44N4O6S2/c1-43(2,54)13-7-16-55-30-12-11-27-18-29-25-45-34-23-40(38(51-4)21-32(34)42(49)47(29)36(27)19-30)53-15-8-14-52-39-22-33-31(20-37(39)50-3)41(48)46-28(24-44-33)17-26-9-5-6-10-35(26)46/h5-6,9-12,19-25,28-29,54H,7-8,13-18H2,1-4H3/t28-,29-/m0/s1. The van der Waals surface area contributed by atoms with Crippen molar-refractivity contribution in [2.75, 3.05) is 43.0 Å². The van der Waals surface area contributed by atoms with Gasteiger partial charge in [0.2, 0.25) is 0 Å². The van der Waals surface area contributed by atoms with Gasteiger partial charge in [-0.2, -0.15) is 12.6 Å². The van der Waals surface area contributed by atoms with Crippen molar-refractivity contribution >= 4 is 71.4 Å². The molecule has 10 nitrogen and oxygen atoms in total. The molecule has 0 bridgehead atoms. The molecule has 0 aliphatic carbocycles. The zero-order valence-electron chi connectivity index (χ0n) is 31.4. The summed E-state index contributed by atoms with van der Waals surface area (Å²) in [5, 5.41) is 0. The average Bonchev–Trinajstić information content (AvgIpc) is 3.66. The Labute approximate surface area is 331 Å². The van der Waals surface area contributed by atoms with Crippen LogP contribution in [0.2, 0.25) is 0 Å². The monoisotopic (exact) mass is 776 g/mol. The lowest BCUT2D eigenvalue weighted by atomic mass is 10.1. The van der Waals surface area contributed by atoms with Crippen molar-refractivity contribution in [2.24, 2.45) is 9.98 Å². The quantitative estimate of drug-likeness (QED) is 0.0824. The summed E-state index contributed by atoms with van der Waals surface area (Å²) >= 11 is 6.46. The van der Waals surface area contributed by atoms with Crippen LogP contribution in [0.5, 0.6) is 23.0 Å². The van der Waals surface area contributed by atoms with Crippen LogP contribution in [0.15, 0.2) is 81.6 Å². The van der Waals surface area contributed by atoms with Gasteiger partial charge in [0, 0.05) is 64.8 Å². The van der Waals surface area contributed by atoms with Crippen LogP contribution in [0.3, 0.4) is 0 Å². The van der Waals surface area contributed by atoms with E-state index in [-0.39, 0.29) is 28.6 Å². The number of amides is 2. The Balaban J connectivity index is 0.913. The minimum atomic E-state index is -0.171. The zero-order valence-corrected chi connectivity index (χ0v) is 33.1. The molecule has 4 aromatic rings. The fraction of sp³-hybridized carbons (Fsp3) is 0.349. The molecular formula is C43H44N4O6S2. The first-order chi connectivity index (χ1) is 26.6. The molecule has 0 radical (unpaired) electrons. The Morgan fingerprint density at radius 2 is 1.29 bits per heavy atom. The predicted octanol–water partition coefficient (Wildman–Crippen LogP) is 8.71. The van der Waals surface area contributed by atoms with E-state index in [4.69, 9.17) is 28.9 Å². The molecule has 2 amide bonds. The number of methoxy groups -OCH3 is 2. The van der Waals surface area contributed by atoms with Crippen LogP contribution >= 0.6 is 24.4 Å². The number of hydrogen-bond acceptors (Lipinski definition) is 10. The molecule has 0 saturated carbocycles. The number of carbonyl (C=O) groups excluding carboxylic acids is 2. The van der Waals surface area contributed by atoms with Gasteiger partial charge in [-0.25, -0.2) is 0 Å². The van der Waals surface area contributed by atoms with E-state index in [2.05, 4.69) is 50.7 Å². The topological polar surface area (TPSA) is 102 Å².